The van der Waals surface area contributed by atoms with Crippen LogP contribution in [0.15, 0.2) is 0 Å². The van der Waals surface area contributed by atoms with E-state index in [-0.39, 0.29) is 24.0 Å². The lowest BCUT2D eigenvalue weighted by Gasteiger charge is -2.34. The van der Waals surface area contributed by atoms with E-state index in [4.69, 9.17) is 4.74 Å². The average Bonchev–Trinajstić information content (AvgIpc) is 2.45. The highest BCUT2D eigenvalue weighted by molar-refractivity contribution is 5.79. The normalized spacial score (nSPS) is 26.4. The van der Waals surface area contributed by atoms with Gasteiger partial charge >= 0.3 is 6.09 Å². The van der Waals surface area contributed by atoms with Crippen molar-refractivity contribution < 1.29 is 14.3 Å². The minimum absolute atomic E-state index is 0.0577. The molecule has 0 spiro atoms. The summed E-state index contributed by atoms with van der Waals surface area (Å²) in [5.74, 6) is 0.349. The van der Waals surface area contributed by atoms with E-state index in [0.29, 0.717) is 0 Å². The number of carbonyl (C=O) groups is 2. The van der Waals surface area contributed by atoms with Gasteiger partial charge in [0.15, 0.2) is 0 Å². The molecule has 0 unspecified atom stereocenters. The fraction of sp³-hybridized carbons (Fsp3) is 0.882. The molecule has 0 bridgehead atoms. The second kappa shape index (κ2) is 7.34. The number of amides is 2. The van der Waals surface area contributed by atoms with Gasteiger partial charge in [-0.05, 0) is 59.3 Å². The number of hydrogen-bond donors (Lipinski definition) is 1. The molecule has 1 aliphatic heterocycles. The highest BCUT2D eigenvalue weighted by Crippen LogP contribution is 2.27. The van der Waals surface area contributed by atoms with Crippen LogP contribution in [-0.2, 0) is 9.53 Å². The van der Waals surface area contributed by atoms with Gasteiger partial charge in [0.25, 0.3) is 0 Å². The van der Waals surface area contributed by atoms with E-state index in [0.717, 1.165) is 51.6 Å². The molecule has 0 radical (unpaired) electrons. The second-order valence-corrected chi connectivity index (χ2v) is 7.59. The summed E-state index contributed by atoms with van der Waals surface area (Å²) in [6, 6.07) is 0.0577. The van der Waals surface area contributed by atoms with E-state index in [1.54, 1.807) is 0 Å². The van der Waals surface area contributed by atoms with E-state index >= 15 is 0 Å². The number of likely N-dealkylation sites (tertiary alicyclic amines) is 1. The van der Waals surface area contributed by atoms with E-state index in [9.17, 15) is 9.59 Å². The Bertz CT molecular complexity index is 397. The van der Waals surface area contributed by atoms with E-state index in [1.165, 1.54) is 6.42 Å². The molecule has 126 valence electrons. The molecule has 1 aliphatic carbocycles. The van der Waals surface area contributed by atoms with Crippen LogP contribution in [0.5, 0.6) is 0 Å². The van der Waals surface area contributed by atoms with Gasteiger partial charge in [-0.3, -0.25) is 4.79 Å². The van der Waals surface area contributed by atoms with Crippen molar-refractivity contribution in [2.45, 2.75) is 77.4 Å². The highest BCUT2D eigenvalue weighted by atomic mass is 16.6. The molecule has 0 aromatic heterocycles. The van der Waals surface area contributed by atoms with Gasteiger partial charge in [-0.25, -0.2) is 4.79 Å². The van der Waals surface area contributed by atoms with Crippen LogP contribution in [0.1, 0.15) is 65.7 Å². The zero-order valence-electron chi connectivity index (χ0n) is 14.2. The Labute approximate surface area is 133 Å². The zero-order valence-corrected chi connectivity index (χ0v) is 14.2. The number of piperidine rings is 1. The van der Waals surface area contributed by atoms with Crippen LogP contribution in [0.4, 0.5) is 4.79 Å². The standard InChI is InChI=1S/C17H30N2O3/c1-17(2,3)22-16(21)18-14-9-7-8-13(12-14)15(20)19-10-5-4-6-11-19/h13-14H,4-12H2,1-3H3,(H,18,21)/t13-,14+/m0/s1. The molecular formula is C17H30N2O3. The predicted molar refractivity (Wildman–Crippen MR) is 85.5 cm³/mol. The van der Waals surface area contributed by atoms with Gasteiger partial charge in [-0.1, -0.05) is 6.42 Å². The number of nitrogens with one attached hydrogen (secondary N) is 1. The number of hydrogen-bond acceptors (Lipinski definition) is 3. The molecule has 1 saturated heterocycles. The Morgan fingerprint density at radius 3 is 2.36 bits per heavy atom. The van der Waals surface area contributed by atoms with Crippen molar-refractivity contribution in [2.75, 3.05) is 13.1 Å². The monoisotopic (exact) mass is 310 g/mol. The minimum Gasteiger partial charge on any atom is -0.444 e. The first-order valence-electron chi connectivity index (χ1n) is 8.63. The lowest BCUT2D eigenvalue weighted by atomic mass is 9.84. The van der Waals surface area contributed by atoms with E-state index in [1.807, 2.05) is 25.7 Å². The molecule has 5 heteroatoms. The molecule has 1 heterocycles. The van der Waals surface area contributed by atoms with E-state index < -0.39 is 5.60 Å². The molecule has 0 aromatic carbocycles. The Kier molecular flexibility index (Phi) is 5.70. The molecule has 2 rings (SSSR count). The van der Waals surface area contributed by atoms with Gasteiger partial charge < -0.3 is 15.0 Å². The van der Waals surface area contributed by atoms with Crippen LogP contribution in [0.2, 0.25) is 0 Å². The maximum absolute atomic E-state index is 12.6. The second-order valence-electron chi connectivity index (χ2n) is 7.59. The van der Waals surface area contributed by atoms with Gasteiger partial charge in [0.05, 0.1) is 0 Å². The minimum atomic E-state index is -0.484. The van der Waals surface area contributed by atoms with Crippen molar-refractivity contribution in [2.24, 2.45) is 5.92 Å². The number of rotatable bonds is 2. The molecule has 1 N–H and O–H groups in total. The van der Waals surface area contributed by atoms with Crippen molar-refractivity contribution in [1.29, 1.82) is 0 Å². The summed E-state index contributed by atoms with van der Waals surface area (Å²) in [6.45, 7) is 7.38. The van der Waals surface area contributed by atoms with Gasteiger partial charge in [0.2, 0.25) is 5.91 Å². The highest BCUT2D eigenvalue weighted by Gasteiger charge is 2.32. The molecule has 2 aliphatic rings. The summed E-state index contributed by atoms with van der Waals surface area (Å²) in [6.07, 6.45) is 6.72. The molecule has 2 atom stereocenters. The van der Waals surface area contributed by atoms with Crippen molar-refractivity contribution in [1.82, 2.24) is 10.2 Å². The number of ether oxygens (including phenoxy) is 1. The summed E-state index contributed by atoms with van der Waals surface area (Å²) < 4.78 is 5.31. The maximum atomic E-state index is 12.6. The Balaban J connectivity index is 1.83. The number of nitrogens with zero attached hydrogens (tertiary/aromatic N) is 1. The Morgan fingerprint density at radius 2 is 1.73 bits per heavy atom. The number of carbonyl (C=O) groups excluding carboxylic acids is 2. The van der Waals surface area contributed by atoms with Gasteiger partial charge in [0.1, 0.15) is 5.60 Å². The van der Waals surface area contributed by atoms with Crippen molar-refractivity contribution in [3.63, 3.8) is 0 Å². The number of alkyl carbamates (subject to hydrolysis) is 1. The smallest absolute Gasteiger partial charge is 0.407 e. The summed E-state index contributed by atoms with van der Waals surface area (Å²) in [5.41, 5.74) is -0.484. The average molecular weight is 310 g/mol. The summed E-state index contributed by atoms with van der Waals surface area (Å²) in [4.78, 5) is 26.5. The zero-order chi connectivity index (χ0) is 16.2. The summed E-state index contributed by atoms with van der Waals surface area (Å²) >= 11 is 0. The largest absolute Gasteiger partial charge is 0.444 e. The fourth-order valence-corrected chi connectivity index (χ4v) is 3.39. The quantitative estimate of drug-likeness (QED) is 0.852. The topological polar surface area (TPSA) is 58.6 Å². The van der Waals surface area contributed by atoms with E-state index in [2.05, 4.69) is 5.32 Å². The molecule has 5 nitrogen and oxygen atoms in total. The summed E-state index contributed by atoms with van der Waals surface area (Å²) in [7, 11) is 0. The van der Waals surface area contributed by atoms with Crippen LogP contribution >= 0.6 is 0 Å². The molecular weight excluding hydrogens is 280 g/mol. The van der Waals surface area contributed by atoms with Crippen LogP contribution < -0.4 is 5.32 Å². The Morgan fingerprint density at radius 1 is 1.05 bits per heavy atom. The van der Waals surface area contributed by atoms with Crippen LogP contribution in [0.25, 0.3) is 0 Å². The molecule has 0 aromatic rings. The molecule has 22 heavy (non-hydrogen) atoms. The SMILES string of the molecule is CC(C)(C)OC(=O)N[C@@H]1CCC[C@H](C(=O)N2CCCCC2)C1. The van der Waals surface area contributed by atoms with Crippen LogP contribution in [0.3, 0.4) is 0 Å². The first-order valence-corrected chi connectivity index (χ1v) is 8.63. The molecule has 2 amide bonds. The first kappa shape index (κ1) is 17.1. The summed E-state index contributed by atoms with van der Waals surface area (Å²) in [5, 5.41) is 2.93. The predicted octanol–water partition coefficient (Wildman–Crippen LogP) is 3.08. The first-order chi connectivity index (χ1) is 10.3. The van der Waals surface area contributed by atoms with Crippen molar-refractivity contribution in [3.05, 3.63) is 0 Å². The molecule has 1 saturated carbocycles. The third kappa shape index (κ3) is 5.18. The Hall–Kier alpha value is -1.26. The fourth-order valence-electron chi connectivity index (χ4n) is 3.39. The third-order valence-electron chi connectivity index (χ3n) is 4.41. The third-order valence-corrected chi connectivity index (χ3v) is 4.41. The maximum Gasteiger partial charge on any atom is 0.407 e. The lowest BCUT2D eigenvalue weighted by molar-refractivity contribution is -0.137. The van der Waals surface area contributed by atoms with Crippen molar-refractivity contribution >= 4 is 12.0 Å². The van der Waals surface area contributed by atoms with Gasteiger partial charge in [0, 0.05) is 25.0 Å². The van der Waals surface area contributed by atoms with Crippen LogP contribution in [-0.4, -0.2) is 41.6 Å². The van der Waals surface area contributed by atoms with Gasteiger partial charge in [-0.15, -0.1) is 0 Å². The van der Waals surface area contributed by atoms with Crippen molar-refractivity contribution in [3.8, 4) is 0 Å². The molecule has 2 fully saturated rings. The lowest BCUT2D eigenvalue weighted by Crippen LogP contribution is -2.46. The van der Waals surface area contributed by atoms with Gasteiger partial charge in [-0.2, -0.15) is 0 Å². The van der Waals surface area contributed by atoms with Crippen LogP contribution in [0, 0.1) is 5.92 Å².